The summed E-state index contributed by atoms with van der Waals surface area (Å²) < 4.78 is 10.7. The normalized spacial score (nSPS) is 15.3. The minimum atomic E-state index is -0.477. The summed E-state index contributed by atoms with van der Waals surface area (Å²) in [4.78, 5) is 18.3. The lowest BCUT2D eigenvalue weighted by atomic mass is 10.0. The fourth-order valence-corrected chi connectivity index (χ4v) is 2.36. The smallest absolute Gasteiger partial charge is 0.410 e. The van der Waals surface area contributed by atoms with Crippen LogP contribution in [-0.4, -0.2) is 41.8 Å². The minimum absolute atomic E-state index is 0.268. The van der Waals surface area contributed by atoms with Gasteiger partial charge in [-0.1, -0.05) is 6.08 Å². The molecule has 2 rings (SSSR count). The summed E-state index contributed by atoms with van der Waals surface area (Å²) in [5.74, 6) is 0.588. The van der Waals surface area contributed by atoms with Gasteiger partial charge in [-0.2, -0.15) is 0 Å². The number of hydrogen-bond donors (Lipinski definition) is 0. The number of carbonyl (C=O) groups excluding carboxylic acids is 1. The number of aromatic nitrogens is 1. The van der Waals surface area contributed by atoms with Crippen LogP contribution in [0.1, 0.15) is 38.4 Å². The Bertz CT molecular complexity index is 588. The van der Waals surface area contributed by atoms with Crippen LogP contribution in [0, 0.1) is 6.92 Å². The van der Waals surface area contributed by atoms with E-state index in [0.29, 0.717) is 19.0 Å². The highest BCUT2D eigenvalue weighted by Crippen LogP contribution is 2.25. The standard InChI is InChI=1S/C17H24N2O3/c1-12-9-14(10-15(18-12)21-5)13-7-6-8-19(11-13)16(20)22-17(2,3)4/h7,9-10H,6,8,11H2,1-5H3. The molecule has 0 fully saturated rings. The number of amides is 1. The molecule has 1 aromatic heterocycles. The first-order valence-corrected chi connectivity index (χ1v) is 7.48. The van der Waals surface area contributed by atoms with Gasteiger partial charge in [-0.05, 0) is 51.3 Å². The Balaban J connectivity index is 2.15. The van der Waals surface area contributed by atoms with Gasteiger partial charge in [0.2, 0.25) is 5.88 Å². The molecular formula is C17H24N2O3. The second-order valence-electron chi connectivity index (χ2n) is 6.46. The van der Waals surface area contributed by atoms with Gasteiger partial charge in [-0.3, -0.25) is 0 Å². The number of aryl methyl sites for hydroxylation is 1. The van der Waals surface area contributed by atoms with E-state index in [2.05, 4.69) is 11.1 Å². The van der Waals surface area contributed by atoms with Crippen LogP contribution in [0.15, 0.2) is 18.2 Å². The molecule has 0 bridgehead atoms. The van der Waals surface area contributed by atoms with E-state index in [9.17, 15) is 4.79 Å². The second-order valence-corrected chi connectivity index (χ2v) is 6.46. The lowest BCUT2D eigenvalue weighted by molar-refractivity contribution is 0.0273. The maximum absolute atomic E-state index is 12.2. The first-order chi connectivity index (χ1) is 10.3. The van der Waals surface area contributed by atoms with Crippen LogP contribution in [0.2, 0.25) is 0 Å². The molecule has 22 heavy (non-hydrogen) atoms. The highest BCUT2D eigenvalue weighted by molar-refractivity contribution is 5.75. The molecule has 1 amide bonds. The molecule has 5 heteroatoms. The maximum Gasteiger partial charge on any atom is 0.410 e. The van der Waals surface area contributed by atoms with Gasteiger partial charge in [0, 0.05) is 24.8 Å². The zero-order valence-corrected chi connectivity index (χ0v) is 14.0. The molecular weight excluding hydrogens is 280 g/mol. The highest BCUT2D eigenvalue weighted by Gasteiger charge is 2.24. The van der Waals surface area contributed by atoms with Gasteiger partial charge >= 0.3 is 6.09 Å². The van der Waals surface area contributed by atoms with Gasteiger partial charge in [0.05, 0.1) is 7.11 Å². The molecule has 5 nitrogen and oxygen atoms in total. The molecule has 0 saturated heterocycles. The monoisotopic (exact) mass is 304 g/mol. The molecule has 0 aromatic carbocycles. The minimum Gasteiger partial charge on any atom is -0.481 e. The zero-order valence-electron chi connectivity index (χ0n) is 14.0. The number of carbonyl (C=O) groups is 1. The molecule has 1 aliphatic heterocycles. The molecule has 0 atom stereocenters. The Morgan fingerprint density at radius 2 is 2.05 bits per heavy atom. The summed E-state index contributed by atoms with van der Waals surface area (Å²) in [5.41, 5.74) is 2.55. The predicted octanol–water partition coefficient (Wildman–Crippen LogP) is 3.42. The first-order valence-electron chi connectivity index (χ1n) is 7.48. The van der Waals surface area contributed by atoms with Crippen molar-refractivity contribution in [1.29, 1.82) is 0 Å². The molecule has 120 valence electrons. The third-order valence-electron chi connectivity index (χ3n) is 3.31. The quantitative estimate of drug-likeness (QED) is 0.840. The van der Waals surface area contributed by atoms with Crippen LogP contribution in [0.3, 0.4) is 0 Å². The van der Waals surface area contributed by atoms with E-state index in [4.69, 9.17) is 9.47 Å². The summed E-state index contributed by atoms with van der Waals surface area (Å²) in [7, 11) is 1.60. The van der Waals surface area contributed by atoms with E-state index in [-0.39, 0.29) is 6.09 Å². The fourth-order valence-electron chi connectivity index (χ4n) is 2.36. The van der Waals surface area contributed by atoms with Crippen LogP contribution in [0.5, 0.6) is 5.88 Å². The predicted molar refractivity (Wildman–Crippen MR) is 85.9 cm³/mol. The van der Waals surface area contributed by atoms with E-state index < -0.39 is 5.60 Å². The molecule has 1 aliphatic rings. The van der Waals surface area contributed by atoms with Gasteiger partial charge in [-0.15, -0.1) is 0 Å². The Morgan fingerprint density at radius 3 is 2.68 bits per heavy atom. The van der Waals surface area contributed by atoms with E-state index >= 15 is 0 Å². The van der Waals surface area contributed by atoms with Crippen molar-refractivity contribution in [3.63, 3.8) is 0 Å². The third kappa shape index (κ3) is 4.23. The van der Waals surface area contributed by atoms with Crippen LogP contribution in [0.25, 0.3) is 5.57 Å². The van der Waals surface area contributed by atoms with Crippen LogP contribution >= 0.6 is 0 Å². The Labute approximate surface area is 131 Å². The Kier molecular flexibility index (Phi) is 4.74. The van der Waals surface area contributed by atoms with Gasteiger partial charge in [0.1, 0.15) is 5.60 Å². The fraction of sp³-hybridized carbons (Fsp3) is 0.529. The van der Waals surface area contributed by atoms with Gasteiger partial charge in [0.15, 0.2) is 0 Å². The molecule has 0 N–H and O–H groups in total. The molecule has 2 heterocycles. The SMILES string of the molecule is COc1cc(C2=CCCN(C(=O)OC(C)(C)C)C2)cc(C)n1. The van der Waals surface area contributed by atoms with Crippen molar-refractivity contribution >= 4 is 11.7 Å². The number of ether oxygens (including phenoxy) is 2. The molecule has 0 radical (unpaired) electrons. The van der Waals surface area contributed by atoms with Crippen molar-refractivity contribution in [2.24, 2.45) is 0 Å². The molecule has 0 saturated carbocycles. The van der Waals surface area contributed by atoms with Crippen molar-refractivity contribution in [1.82, 2.24) is 9.88 Å². The lowest BCUT2D eigenvalue weighted by Gasteiger charge is -2.30. The van der Waals surface area contributed by atoms with Crippen molar-refractivity contribution in [3.05, 3.63) is 29.5 Å². The van der Waals surface area contributed by atoms with Gasteiger partial charge in [-0.25, -0.2) is 9.78 Å². The number of methoxy groups -OCH3 is 1. The average molecular weight is 304 g/mol. The van der Waals surface area contributed by atoms with E-state index in [1.165, 1.54) is 0 Å². The van der Waals surface area contributed by atoms with Crippen LogP contribution in [-0.2, 0) is 4.74 Å². The number of pyridine rings is 1. The molecule has 0 spiro atoms. The van der Waals surface area contributed by atoms with Crippen molar-refractivity contribution in [2.75, 3.05) is 20.2 Å². The first kappa shape index (κ1) is 16.3. The topological polar surface area (TPSA) is 51.7 Å². The summed E-state index contributed by atoms with van der Waals surface area (Å²) in [6, 6.07) is 3.91. The van der Waals surface area contributed by atoms with Gasteiger partial charge < -0.3 is 14.4 Å². The molecule has 0 unspecified atom stereocenters. The Hall–Kier alpha value is -2.04. The van der Waals surface area contributed by atoms with Crippen LogP contribution < -0.4 is 4.74 Å². The van der Waals surface area contributed by atoms with Crippen molar-refractivity contribution in [2.45, 2.75) is 39.7 Å². The molecule has 1 aromatic rings. The van der Waals surface area contributed by atoms with Crippen molar-refractivity contribution in [3.8, 4) is 5.88 Å². The van der Waals surface area contributed by atoms with Crippen molar-refractivity contribution < 1.29 is 14.3 Å². The second kappa shape index (κ2) is 6.38. The average Bonchev–Trinajstić information content (AvgIpc) is 2.45. The van der Waals surface area contributed by atoms with Crippen LogP contribution in [0.4, 0.5) is 4.79 Å². The summed E-state index contributed by atoms with van der Waals surface area (Å²) in [5, 5.41) is 0. The summed E-state index contributed by atoms with van der Waals surface area (Å²) >= 11 is 0. The highest BCUT2D eigenvalue weighted by atomic mass is 16.6. The Morgan fingerprint density at radius 1 is 1.32 bits per heavy atom. The van der Waals surface area contributed by atoms with E-state index in [0.717, 1.165) is 23.3 Å². The molecule has 0 aliphatic carbocycles. The van der Waals surface area contributed by atoms with Gasteiger partial charge in [0.25, 0.3) is 0 Å². The largest absolute Gasteiger partial charge is 0.481 e. The van der Waals surface area contributed by atoms with E-state index in [1.54, 1.807) is 12.0 Å². The number of rotatable bonds is 2. The number of nitrogens with zero attached hydrogens (tertiary/aromatic N) is 2. The zero-order chi connectivity index (χ0) is 16.3. The number of hydrogen-bond acceptors (Lipinski definition) is 4. The summed E-state index contributed by atoms with van der Waals surface area (Å²) in [6.45, 7) is 8.79. The van der Waals surface area contributed by atoms with E-state index in [1.807, 2.05) is 39.8 Å². The third-order valence-corrected chi connectivity index (χ3v) is 3.31. The lowest BCUT2D eigenvalue weighted by Crippen LogP contribution is -2.39. The summed E-state index contributed by atoms with van der Waals surface area (Å²) in [6.07, 6.45) is 2.71. The maximum atomic E-state index is 12.2.